The van der Waals surface area contributed by atoms with Gasteiger partial charge in [-0.3, -0.25) is 0 Å². The minimum atomic E-state index is -0.300. The lowest BCUT2D eigenvalue weighted by Crippen LogP contribution is -2.08. The number of halogens is 1. The van der Waals surface area contributed by atoms with Crippen molar-refractivity contribution in [3.63, 3.8) is 0 Å². The van der Waals surface area contributed by atoms with Gasteiger partial charge in [-0.2, -0.15) is 0 Å². The van der Waals surface area contributed by atoms with Gasteiger partial charge in [0.1, 0.15) is 11.6 Å². The third-order valence-electron chi connectivity index (χ3n) is 2.36. The number of hydrogen-bond acceptors (Lipinski definition) is 4. The highest BCUT2D eigenvalue weighted by Gasteiger charge is 2.03. The van der Waals surface area contributed by atoms with Gasteiger partial charge in [0.15, 0.2) is 0 Å². The van der Waals surface area contributed by atoms with E-state index in [2.05, 4.69) is 0 Å². The fourth-order valence-electron chi connectivity index (χ4n) is 1.44. The molecule has 1 rings (SSSR count). The van der Waals surface area contributed by atoms with Gasteiger partial charge >= 0.3 is 0 Å². The molecule has 0 saturated heterocycles. The molecule has 4 nitrogen and oxygen atoms in total. The van der Waals surface area contributed by atoms with Gasteiger partial charge in [0, 0.05) is 32.2 Å². The molecule has 0 spiro atoms. The van der Waals surface area contributed by atoms with E-state index in [9.17, 15) is 4.39 Å². The molecule has 0 bridgehead atoms. The van der Waals surface area contributed by atoms with Crippen molar-refractivity contribution in [1.29, 1.82) is 0 Å². The normalized spacial score (nSPS) is 10.6. The van der Waals surface area contributed by atoms with Crippen LogP contribution in [0.15, 0.2) is 18.2 Å². The summed E-state index contributed by atoms with van der Waals surface area (Å²) in [6.07, 6.45) is 0.769. The van der Waals surface area contributed by atoms with Gasteiger partial charge in [-0.15, -0.1) is 0 Å². The molecule has 0 heterocycles. The zero-order valence-electron chi connectivity index (χ0n) is 10.7. The molecule has 0 aromatic heterocycles. The van der Waals surface area contributed by atoms with Crippen molar-refractivity contribution in [3.8, 4) is 5.75 Å². The van der Waals surface area contributed by atoms with Crippen molar-refractivity contribution in [2.75, 3.05) is 33.5 Å². The summed E-state index contributed by atoms with van der Waals surface area (Å²) in [5.41, 5.74) is 6.20. The Bertz CT molecular complexity index is 347. The standard InChI is InChI=1S/C13H20FNO3/c1-16-7-8-17-5-2-6-18-13-4-3-12(14)9-11(13)10-15/h3-4,9H,2,5-8,10,15H2,1H3. The van der Waals surface area contributed by atoms with E-state index in [0.717, 1.165) is 6.42 Å². The third kappa shape index (κ3) is 5.44. The van der Waals surface area contributed by atoms with Gasteiger partial charge in [-0.05, 0) is 18.2 Å². The lowest BCUT2D eigenvalue weighted by atomic mass is 10.2. The second kappa shape index (κ2) is 8.85. The Hall–Kier alpha value is -1.17. The highest BCUT2D eigenvalue weighted by Crippen LogP contribution is 2.19. The van der Waals surface area contributed by atoms with Crippen molar-refractivity contribution >= 4 is 0 Å². The molecule has 2 N–H and O–H groups in total. The largest absolute Gasteiger partial charge is 0.493 e. The number of benzene rings is 1. The summed E-state index contributed by atoms with van der Waals surface area (Å²) in [5.74, 6) is 0.335. The van der Waals surface area contributed by atoms with Crippen LogP contribution in [0.1, 0.15) is 12.0 Å². The maximum atomic E-state index is 13.0. The van der Waals surface area contributed by atoms with E-state index in [1.54, 1.807) is 13.2 Å². The molecule has 0 aliphatic rings. The topological polar surface area (TPSA) is 53.7 Å². The van der Waals surface area contributed by atoms with Gasteiger partial charge in [-0.1, -0.05) is 0 Å². The monoisotopic (exact) mass is 257 g/mol. The van der Waals surface area contributed by atoms with Crippen LogP contribution in [0.25, 0.3) is 0 Å². The molecular weight excluding hydrogens is 237 g/mol. The molecule has 1 aromatic rings. The van der Waals surface area contributed by atoms with E-state index >= 15 is 0 Å². The average Bonchev–Trinajstić information content (AvgIpc) is 2.39. The first-order chi connectivity index (χ1) is 8.77. The van der Waals surface area contributed by atoms with Gasteiger partial charge < -0.3 is 19.9 Å². The average molecular weight is 257 g/mol. The fraction of sp³-hybridized carbons (Fsp3) is 0.538. The Kier molecular flexibility index (Phi) is 7.32. The van der Waals surface area contributed by atoms with Crippen LogP contribution in [0.5, 0.6) is 5.75 Å². The lowest BCUT2D eigenvalue weighted by Gasteiger charge is -2.10. The van der Waals surface area contributed by atoms with Crippen molar-refractivity contribution in [2.24, 2.45) is 5.73 Å². The predicted octanol–water partition coefficient (Wildman–Crippen LogP) is 1.72. The van der Waals surface area contributed by atoms with Crippen molar-refractivity contribution in [2.45, 2.75) is 13.0 Å². The second-order valence-electron chi connectivity index (χ2n) is 3.76. The Morgan fingerprint density at radius 1 is 1.17 bits per heavy atom. The summed E-state index contributed by atoms with van der Waals surface area (Å²) in [4.78, 5) is 0. The van der Waals surface area contributed by atoms with E-state index in [0.29, 0.717) is 37.7 Å². The fourth-order valence-corrected chi connectivity index (χ4v) is 1.44. The van der Waals surface area contributed by atoms with Gasteiger partial charge in [0.2, 0.25) is 0 Å². The van der Waals surface area contributed by atoms with Gasteiger partial charge in [-0.25, -0.2) is 4.39 Å². The molecule has 1 aromatic carbocycles. The molecule has 5 heteroatoms. The number of rotatable bonds is 9. The van der Waals surface area contributed by atoms with Crippen molar-refractivity contribution in [1.82, 2.24) is 0 Å². The molecule has 0 saturated carbocycles. The quantitative estimate of drug-likeness (QED) is 0.684. The zero-order chi connectivity index (χ0) is 13.2. The van der Waals surface area contributed by atoms with Crippen LogP contribution in [-0.4, -0.2) is 33.5 Å². The van der Waals surface area contributed by atoms with E-state index in [4.69, 9.17) is 19.9 Å². The van der Waals surface area contributed by atoms with Crippen molar-refractivity contribution < 1.29 is 18.6 Å². The molecular formula is C13H20FNO3. The molecule has 0 radical (unpaired) electrons. The Labute approximate surface area is 107 Å². The maximum absolute atomic E-state index is 13.0. The van der Waals surface area contributed by atoms with Crippen LogP contribution in [0.3, 0.4) is 0 Å². The molecule has 0 aliphatic heterocycles. The molecule has 0 aliphatic carbocycles. The molecule has 102 valence electrons. The highest BCUT2D eigenvalue weighted by atomic mass is 19.1. The Balaban J connectivity index is 2.22. The first-order valence-corrected chi connectivity index (χ1v) is 5.96. The van der Waals surface area contributed by atoms with E-state index < -0.39 is 0 Å². The van der Waals surface area contributed by atoms with Crippen LogP contribution in [0, 0.1) is 5.82 Å². The third-order valence-corrected chi connectivity index (χ3v) is 2.36. The SMILES string of the molecule is COCCOCCCOc1ccc(F)cc1CN. The maximum Gasteiger partial charge on any atom is 0.123 e. The number of nitrogens with two attached hydrogens (primary N) is 1. The summed E-state index contributed by atoms with van der Waals surface area (Å²) < 4.78 is 28.6. The van der Waals surface area contributed by atoms with Crippen LogP contribution in [-0.2, 0) is 16.0 Å². The number of hydrogen-bond donors (Lipinski definition) is 1. The van der Waals surface area contributed by atoms with Crippen LogP contribution < -0.4 is 10.5 Å². The van der Waals surface area contributed by atoms with Crippen LogP contribution >= 0.6 is 0 Å². The van der Waals surface area contributed by atoms with Gasteiger partial charge in [0.25, 0.3) is 0 Å². The van der Waals surface area contributed by atoms with Gasteiger partial charge in [0.05, 0.1) is 19.8 Å². The second-order valence-corrected chi connectivity index (χ2v) is 3.76. The van der Waals surface area contributed by atoms with E-state index in [-0.39, 0.29) is 12.4 Å². The Morgan fingerprint density at radius 3 is 2.72 bits per heavy atom. The zero-order valence-corrected chi connectivity index (χ0v) is 10.7. The highest BCUT2D eigenvalue weighted by molar-refractivity contribution is 5.33. The first-order valence-electron chi connectivity index (χ1n) is 5.96. The minimum absolute atomic E-state index is 0.261. The summed E-state index contributed by atoms with van der Waals surface area (Å²) in [6, 6.07) is 4.36. The van der Waals surface area contributed by atoms with Crippen LogP contribution in [0.2, 0.25) is 0 Å². The smallest absolute Gasteiger partial charge is 0.123 e. The molecule has 0 atom stereocenters. The van der Waals surface area contributed by atoms with E-state index in [1.807, 2.05) is 0 Å². The Morgan fingerprint density at radius 2 is 2.00 bits per heavy atom. The van der Waals surface area contributed by atoms with Crippen LogP contribution in [0.4, 0.5) is 4.39 Å². The predicted molar refractivity (Wildman–Crippen MR) is 67.1 cm³/mol. The summed E-state index contributed by atoms with van der Waals surface area (Å²) in [7, 11) is 1.63. The first kappa shape index (κ1) is 14.9. The summed E-state index contributed by atoms with van der Waals surface area (Å²) in [5, 5.41) is 0. The molecule has 18 heavy (non-hydrogen) atoms. The molecule has 0 fully saturated rings. The minimum Gasteiger partial charge on any atom is -0.493 e. The van der Waals surface area contributed by atoms with E-state index in [1.165, 1.54) is 12.1 Å². The number of methoxy groups -OCH3 is 1. The lowest BCUT2D eigenvalue weighted by molar-refractivity contribution is 0.0644. The molecule has 0 unspecified atom stereocenters. The number of ether oxygens (including phenoxy) is 3. The van der Waals surface area contributed by atoms with Crippen molar-refractivity contribution in [3.05, 3.63) is 29.6 Å². The molecule has 0 amide bonds. The summed E-state index contributed by atoms with van der Waals surface area (Å²) >= 11 is 0. The summed E-state index contributed by atoms with van der Waals surface area (Å²) in [6.45, 7) is 2.57.